The quantitative estimate of drug-likeness (QED) is 0.570. The Bertz CT molecular complexity index is 460. The summed E-state index contributed by atoms with van der Waals surface area (Å²) in [6.07, 6.45) is 11.1. The summed E-state index contributed by atoms with van der Waals surface area (Å²) in [5.41, 5.74) is 2.94. The van der Waals surface area contributed by atoms with Gasteiger partial charge < -0.3 is 5.11 Å². The molecule has 4 atom stereocenters. The second-order valence-corrected chi connectivity index (χ2v) is 7.59. The molecule has 2 nitrogen and oxygen atoms in total. The van der Waals surface area contributed by atoms with Crippen LogP contribution in [0.2, 0.25) is 0 Å². The van der Waals surface area contributed by atoms with Crippen LogP contribution in [-0.2, 0) is 4.79 Å². The molecule has 118 valence electrons. The minimum Gasteiger partial charge on any atom is -0.478 e. The van der Waals surface area contributed by atoms with Gasteiger partial charge >= 0.3 is 5.97 Å². The Hall–Kier alpha value is -1.05. The first kappa shape index (κ1) is 16.3. The molecule has 0 bridgehead atoms. The first-order valence-corrected chi connectivity index (χ1v) is 8.41. The molecule has 0 aliphatic heterocycles. The number of aliphatic carboxylic acids is 1. The summed E-state index contributed by atoms with van der Waals surface area (Å²) in [4.78, 5) is 10.8. The molecular formula is C19H30O2. The lowest BCUT2D eigenvalue weighted by molar-refractivity contribution is -0.131. The Morgan fingerprint density at radius 1 is 1.52 bits per heavy atom. The smallest absolute Gasteiger partial charge is 0.328 e. The molecule has 1 saturated carbocycles. The molecule has 0 amide bonds. The molecule has 0 spiro atoms. The van der Waals surface area contributed by atoms with E-state index in [0.29, 0.717) is 11.3 Å². The van der Waals surface area contributed by atoms with E-state index in [1.807, 2.05) is 6.92 Å². The van der Waals surface area contributed by atoms with Crippen molar-refractivity contribution < 1.29 is 9.90 Å². The summed E-state index contributed by atoms with van der Waals surface area (Å²) in [5, 5.41) is 8.86. The van der Waals surface area contributed by atoms with Gasteiger partial charge in [-0.25, -0.2) is 4.79 Å². The Morgan fingerprint density at radius 2 is 2.24 bits per heavy atom. The summed E-state index contributed by atoms with van der Waals surface area (Å²) >= 11 is 0. The number of carbonyl (C=O) groups is 1. The minimum atomic E-state index is -0.821. The minimum absolute atomic E-state index is 0.417. The highest BCUT2D eigenvalue weighted by molar-refractivity contribution is 5.80. The van der Waals surface area contributed by atoms with Gasteiger partial charge in [0.05, 0.1) is 0 Å². The van der Waals surface area contributed by atoms with Gasteiger partial charge in [-0.1, -0.05) is 43.9 Å². The van der Waals surface area contributed by atoms with Gasteiger partial charge in [0, 0.05) is 6.08 Å². The van der Waals surface area contributed by atoms with Crippen LogP contribution in [-0.4, -0.2) is 11.1 Å². The Morgan fingerprint density at radius 3 is 2.90 bits per heavy atom. The summed E-state index contributed by atoms with van der Waals surface area (Å²) in [5.74, 6) is 1.44. The zero-order valence-electron chi connectivity index (χ0n) is 14.0. The lowest BCUT2D eigenvalue weighted by Crippen LogP contribution is -2.44. The number of carboxylic acid groups (broad SMARTS) is 1. The van der Waals surface area contributed by atoms with Crippen molar-refractivity contribution in [2.24, 2.45) is 23.2 Å². The largest absolute Gasteiger partial charge is 0.478 e. The first-order chi connectivity index (χ1) is 9.84. The van der Waals surface area contributed by atoms with E-state index in [4.69, 9.17) is 5.11 Å². The van der Waals surface area contributed by atoms with Crippen LogP contribution in [0.5, 0.6) is 0 Å². The van der Waals surface area contributed by atoms with Crippen LogP contribution >= 0.6 is 0 Å². The van der Waals surface area contributed by atoms with Crippen LogP contribution in [0.3, 0.4) is 0 Å². The van der Waals surface area contributed by atoms with Crippen molar-refractivity contribution in [1.82, 2.24) is 0 Å². The average molecular weight is 290 g/mol. The maximum atomic E-state index is 10.8. The fraction of sp³-hybridized carbons (Fsp3) is 0.737. The van der Waals surface area contributed by atoms with Gasteiger partial charge in [-0.05, 0) is 62.7 Å². The first-order valence-electron chi connectivity index (χ1n) is 8.41. The second-order valence-electron chi connectivity index (χ2n) is 7.59. The van der Waals surface area contributed by atoms with Crippen LogP contribution in [0.25, 0.3) is 0 Å². The molecule has 0 aromatic heterocycles. The van der Waals surface area contributed by atoms with Gasteiger partial charge in [-0.2, -0.15) is 0 Å². The lowest BCUT2D eigenvalue weighted by Gasteiger charge is -2.53. The third-order valence-electron chi connectivity index (χ3n) is 6.15. The van der Waals surface area contributed by atoms with Crippen molar-refractivity contribution in [2.45, 2.75) is 66.2 Å². The fourth-order valence-electron chi connectivity index (χ4n) is 4.96. The molecule has 2 aliphatic carbocycles. The Labute approximate surface area is 129 Å². The van der Waals surface area contributed by atoms with Gasteiger partial charge in [-0.15, -0.1) is 0 Å². The normalized spacial score (nSPS) is 36.9. The number of hydrogen-bond donors (Lipinski definition) is 1. The molecule has 0 unspecified atom stereocenters. The monoisotopic (exact) mass is 290 g/mol. The Balaban J connectivity index is 2.14. The van der Waals surface area contributed by atoms with Crippen molar-refractivity contribution in [2.75, 3.05) is 0 Å². The van der Waals surface area contributed by atoms with Gasteiger partial charge in [0.1, 0.15) is 0 Å². The van der Waals surface area contributed by atoms with E-state index < -0.39 is 5.97 Å². The highest BCUT2D eigenvalue weighted by Gasteiger charge is 2.47. The molecule has 0 aromatic carbocycles. The zero-order chi connectivity index (χ0) is 15.6. The van der Waals surface area contributed by atoms with E-state index >= 15 is 0 Å². The molecule has 2 rings (SSSR count). The standard InChI is InChI=1S/C19H30O2/c1-13(12-18(20)21)7-9-16-15(3)8-10-17-14(2)6-5-11-19(16,17)4/h8,12,14,16-17H,5-7,9-11H2,1-4H3,(H,20,21)/b13-12+/t14-,16-,17+,19-/m1/s1. The number of rotatable bonds is 4. The van der Waals surface area contributed by atoms with Gasteiger partial charge in [0.15, 0.2) is 0 Å². The van der Waals surface area contributed by atoms with E-state index in [1.54, 1.807) is 0 Å². The molecule has 0 radical (unpaired) electrons. The molecule has 0 aromatic rings. The number of fused-ring (bicyclic) bond motifs is 1. The molecule has 2 heteroatoms. The van der Waals surface area contributed by atoms with E-state index in [9.17, 15) is 4.79 Å². The van der Waals surface area contributed by atoms with Gasteiger partial charge in [-0.3, -0.25) is 0 Å². The predicted octanol–water partition coefficient (Wildman–Crippen LogP) is 5.21. The molecule has 21 heavy (non-hydrogen) atoms. The van der Waals surface area contributed by atoms with Gasteiger partial charge in [0.2, 0.25) is 0 Å². The van der Waals surface area contributed by atoms with Crippen molar-refractivity contribution in [1.29, 1.82) is 0 Å². The molecule has 1 N–H and O–H groups in total. The molecular weight excluding hydrogens is 260 g/mol. The van der Waals surface area contributed by atoms with Crippen molar-refractivity contribution in [3.63, 3.8) is 0 Å². The number of allylic oxidation sites excluding steroid dienone is 3. The zero-order valence-corrected chi connectivity index (χ0v) is 14.0. The molecule has 0 heterocycles. The Kier molecular flexibility index (Phi) is 4.95. The molecule has 2 aliphatic rings. The predicted molar refractivity (Wildman–Crippen MR) is 87.1 cm³/mol. The van der Waals surface area contributed by atoms with Crippen LogP contribution in [0.1, 0.15) is 66.2 Å². The topological polar surface area (TPSA) is 37.3 Å². The number of carboxylic acids is 1. The van der Waals surface area contributed by atoms with E-state index in [2.05, 4.69) is 26.8 Å². The van der Waals surface area contributed by atoms with Crippen LogP contribution in [0.15, 0.2) is 23.3 Å². The van der Waals surface area contributed by atoms with E-state index in [-0.39, 0.29) is 0 Å². The lowest BCUT2D eigenvalue weighted by atomic mass is 9.52. The SMILES string of the molecule is CC1=CC[C@H]2[C@H](C)CCC[C@]2(C)[C@@H]1CC/C(C)=C/C(=O)O. The highest BCUT2D eigenvalue weighted by atomic mass is 16.4. The van der Waals surface area contributed by atoms with Crippen LogP contribution in [0.4, 0.5) is 0 Å². The van der Waals surface area contributed by atoms with Crippen molar-refractivity contribution in [3.8, 4) is 0 Å². The second kappa shape index (κ2) is 6.37. The molecule has 0 saturated heterocycles. The van der Waals surface area contributed by atoms with Crippen molar-refractivity contribution >= 4 is 5.97 Å². The van der Waals surface area contributed by atoms with Crippen LogP contribution < -0.4 is 0 Å². The van der Waals surface area contributed by atoms with E-state index in [0.717, 1.165) is 30.3 Å². The third kappa shape index (κ3) is 3.41. The van der Waals surface area contributed by atoms with E-state index in [1.165, 1.54) is 37.3 Å². The summed E-state index contributed by atoms with van der Waals surface area (Å²) in [6.45, 7) is 9.13. The summed E-state index contributed by atoms with van der Waals surface area (Å²) in [6, 6.07) is 0. The fourth-order valence-corrected chi connectivity index (χ4v) is 4.96. The highest BCUT2D eigenvalue weighted by Crippen LogP contribution is 2.56. The maximum absolute atomic E-state index is 10.8. The summed E-state index contributed by atoms with van der Waals surface area (Å²) < 4.78 is 0. The van der Waals surface area contributed by atoms with Crippen LogP contribution in [0, 0.1) is 23.2 Å². The number of hydrogen-bond acceptors (Lipinski definition) is 1. The summed E-state index contributed by atoms with van der Waals surface area (Å²) in [7, 11) is 0. The van der Waals surface area contributed by atoms with Crippen molar-refractivity contribution in [3.05, 3.63) is 23.3 Å². The average Bonchev–Trinajstić information content (AvgIpc) is 2.36. The third-order valence-corrected chi connectivity index (χ3v) is 6.15. The van der Waals surface area contributed by atoms with Gasteiger partial charge in [0.25, 0.3) is 0 Å². The maximum Gasteiger partial charge on any atom is 0.328 e. The molecule has 1 fully saturated rings.